The van der Waals surface area contributed by atoms with E-state index in [0.717, 1.165) is 31.2 Å². The molecule has 2 amide bonds. The van der Waals surface area contributed by atoms with E-state index in [1.54, 1.807) is 17.0 Å². The summed E-state index contributed by atoms with van der Waals surface area (Å²) in [7, 11) is -3.79. The normalized spacial score (nSPS) is 22.4. The number of likely N-dealkylation sites (tertiary alicyclic amines) is 1. The van der Waals surface area contributed by atoms with Gasteiger partial charge in [-0.3, -0.25) is 0 Å². The predicted octanol–water partition coefficient (Wildman–Crippen LogP) is 2.66. The van der Waals surface area contributed by atoms with Crippen LogP contribution in [0.25, 0.3) is 0 Å². The average Bonchev–Trinajstić information content (AvgIpc) is 2.85. The molecule has 0 aromatic heterocycles. The van der Waals surface area contributed by atoms with Crippen molar-refractivity contribution in [1.82, 2.24) is 9.62 Å². The van der Waals surface area contributed by atoms with Crippen molar-refractivity contribution in [2.75, 3.05) is 6.54 Å². The van der Waals surface area contributed by atoms with Crippen molar-refractivity contribution in [2.45, 2.75) is 50.0 Å². The molecule has 6 heteroatoms. The van der Waals surface area contributed by atoms with E-state index in [-0.39, 0.29) is 10.9 Å². The fourth-order valence-corrected chi connectivity index (χ4v) is 4.27. The molecular formula is C16H22N2O3S. The van der Waals surface area contributed by atoms with Crippen LogP contribution < -0.4 is 4.72 Å². The molecule has 1 atom stereocenters. The number of hydrogen-bond donors (Lipinski definition) is 1. The largest absolute Gasteiger partial charge is 0.331 e. The minimum Gasteiger partial charge on any atom is -0.321 e. The van der Waals surface area contributed by atoms with Crippen molar-refractivity contribution in [2.24, 2.45) is 5.92 Å². The molecule has 1 aromatic carbocycles. The lowest BCUT2D eigenvalue weighted by Gasteiger charge is -2.36. The fourth-order valence-electron chi connectivity index (χ4n) is 3.31. The monoisotopic (exact) mass is 322 g/mol. The van der Waals surface area contributed by atoms with E-state index >= 15 is 0 Å². The maximum atomic E-state index is 12.4. The molecule has 1 aliphatic carbocycles. The van der Waals surface area contributed by atoms with Gasteiger partial charge in [0.15, 0.2) is 0 Å². The molecule has 0 radical (unpaired) electrons. The number of carbonyl (C=O) groups is 1. The predicted molar refractivity (Wildman–Crippen MR) is 84.0 cm³/mol. The number of amides is 2. The molecule has 0 bridgehead atoms. The van der Waals surface area contributed by atoms with Gasteiger partial charge in [-0.1, -0.05) is 24.1 Å². The summed E-state index contributed by atoms with van der Waals surface area (Å²) >= 11 is 0. The van der Waals surface area contributed by atoms with Crippen molar-refractivity contribution in [3.8, 4) is 0 Å². The van der Waals surface area contributed by atoms with Crippen LogP contribution in [0.2, 0.25) is 0 Å². The zero-order valence-electron chi connectivity index (χ0n) is 12.8. The third-order valence-electron chi connectivity index (χ3n) is 4.81. The highest BCUT2D eigenvalue weighted by Crippen LogP contribution is 2.37. The number of carbonyl (C=O) groups excluding carboxylic acids is 1. The van der Waals surface area contributed by atoms with Crippen molar-refractivity contribution in [3.05, 3.63) is 29.8 Å². The molecule has 2 aliphatic rings. The second kappa shape index (κ2) is 5.91. The Bertz CT molecular complexity index is 650. The third-order valence-corrected chi connectivity index (χ3v) is 6.14. The number of aryl methyl sites for hydroxylation is 1. The molecule has 120 valence electrons. The lowest BCUT2D eigenvalue weighted by Crippen LogP contribution is -2.48. The summed E-state index contributed by atoms with van der Waals surface area (Å²) in [5.74, 6) is 0.551. The van der Waals surface area contributed by atoms with Gasteiger partial charge in [-0.25, -0.2) is 17.9 Å². The number of nitrogens with one attached hydrogen (secondary N) is 1. The van der Waals surface area contributed by atoms with E-state index in [1.165, 1.54) is 18.6 Å². The van der Waals surface area contributed by atoms with Crippen LogP contribution in [-0.2, 0) is 10.0 Å². The molecular weight excluding hydrogens is 300 g/mol. The average molecular weight is 322 g/mol. The van der Waals surface area contributed by atoms with E-state index in [2.05, 4.69) is 4.72 Å². The third kappa shape index (κ3) is 2.97. The molecule has 22 heavy (non-hydrogen) atoms. The number of sulfonamides is 1. The van der Waals surface area contributed by atoms with Crippen LogP contribution in [0, 0.1) is 12.8 Å². The van der Waals surface area contributed by atoms with Crippen LogP contribution in [0.5, 0.6) is 0 Å². The Hall–Kier alpha value is -1.56. The molecule has 2 fully saturated rings. The number of urea groups is 1. The van der Waals surface area contributed by atoms with Gasteiger partial charge >= 0.3 is 6.03 Å². The fraction of sp³-hybridized carbons (Fsp3) is 0.562. The van der Waals surface area contributed by atoms with Gasteiger partial charge in [-0.05, 0) is 50.7 Å². The standard InChI is InChI=1S/C16H22N2O3S/c1-12-7-9-14(10-8-12)22(20,21)17-16(19)18-11-3-6-15(18)13-4-2-5-13/h7-10,13,15H,2-6,11H2,1H3,(H,17,19). The van der Waals surface area contributed by atoms with Crippen LogP contribution in [-0.4, -0.2) is 31.9 Å². The Kier molecular flexibility index (Phi) is 4.12. The van der Waals surface area contributed by atoms with Gasteiger partial charge in [0.05, 0.1) is 4.90 Å². The van der Waals surface area contributed by atoms with E-state index in [9.17, 15) is 13.2 Å². The van der Waals surface area contributed by atoms with Gasteiger partial charge in [0.1, 0.15) is 0 Å². The maximum absolute atomic E-state index is 12.4. The van der Waals surface area contributed by atoms with Gasteiger partial charge in [0, 0.05) is 12.6 Å². The number of nitrogens with zero attached hydrogens (tertiary/aromatic N) is 1. The molecule has 1 aliphatic heterocycles. The molecule has 1 saturated carbocycles. The Morgan fingerprint density at radius 1 is 1.14 bits per heavy atom. The lowest BCUT2D eigenvalue weighted by atomic mass is 9.79. The van der Waals surface area contributed by atoms with Crippen molar-refractivity contribution >= 4 is 16.1 Å². The quantitative estimate of drug-likeness (QED) is 0.930. The molecule has 0 spiro atoms. The molecule has 5 nitrogen and oxygen atoms in total. The van der Waals surface area contributed by atoms with E-state index in [4.69, 9.17) is 0 Å². The highest BCUT2D eigenvalue weighted by molar-refractivity contribution is 7.90. The first-order valence-electron chi connectivity index (χ1n) is 7.87. The van der Waals surface area contributed by atoms with Crippen LogP contribution in [0.3, 0.4) is 0 Å². The smallest absolute Gasteiger partial charge is 0.321 e. The first-order chi connectivity index (χ1) is 10.5. The molecule has 1 aromatic rings. The summed E-state index contributed by atoms with van der Waals surface area (Å²) in [5, 5.41) is 0. The summed E-state index contributed by atoms with van der Waals surface area (Å²) in [6.45, 7) is 2.54. The first kappa shape index (κ1) is 15.3. The van der Waals surface area contributed by atoms with Crippen LogP contribution in [0.1, 0.15) is 37.7 Å². The Morgan fingerprint density at radius 3 is 2.41 bits per heavy atom. The maximum Gasteiger partial charge on any atom is 0.331 e. The zero-order chi connectivity index (χ0) is 15.7. The van der Waals surface area contributed by atoms with Crippen molar-refractivity contribution < 1.29 is 13.2 Å². The molecule has 1 unspecified atom stereocenters. The number of benzene rings is 1. The SMILES string of the molecule is Cc1ccc(S(=O)(=O)NC(=O)N2CCCC2C2CCC2)cc1. The van der Waals surface area contributed by atoms with Crippen LogP contribution in [0.15, 0.2) is 29.2 Å². The second-order valence-electron chi connectivity index (χ2n) is 6.32. The first-order valence-corrected chi connectivity index (χ1v) is 9.36. The van der Waals surface area contributed by atoms with Gasteiger partial charge in [-0.2, -0.15) is 0 Å². The van der Waals surface area contributed by atoms with Crippen LogP contribution in [0.4, 0.5) is 4.79 Å². The summed E-state index contributed by atoms with van der Waals surface area (Å²) < 4.78 is 26.9. The molecule has 1 heterocycles. The highest BCUT2D eigenvalue weighted by Gasteiger charge is 2.38. The van der Waals surface area contributed by atoms with Crippen LogP contribution >= 0.6 is 0 Å². The summed E-state index contributed by atoms with van der Waals surface area (Å²) in [6, 6.07) is 6.24. The Labute approximate surface area is 131 Å². The van der Waals surface area contributed by atoms with Gasteiger partial charge in [0.25, 0.3) is 10.0 Å². The lowest BCUT2D eigenvalue weighted by molar-refractivity contribution is 0.143. The molecule has 1 saturated heterocycles. The van der Waals surface area contributed by atoms with Gasteiger partial charge < -0.3 is 4.90 Å². The minimum absolute atomic E-state index is 0.130. The molecule has 3 rings (SSSR count). The minimum atomic E-state index is -3.79. The Balaban J connectivity index is 1.71. The Morgan fingerprint density at radius 2 is 1.82 bits per heavy atom. The number of hydrogen-bond acceptors (Lipinski definition) is 3. The zero-order valence-corrected chi connectivity index (χ0v) is 13.6. The van der Waals surface area contributed by atoms with Crippen molar-refractivity contribution in [1.29, 1.82) is 0 Å². The molecule has 1 N–H and O–H groups in total. The highest BCUT2D eigenvalue weighted by atomic mass is 32.2. The second-order valence-corrected chi connectivity index (χ2v) is 8.00. The summed E-state index contributed by atoms with van der Waals surface area (Å²) in [5.41, 5.74) is 0.981. The topological polar surface area (TPSA) is 66.5 Å². The summed E-state index contributed by atoms with van der Waals surface area (Å²) in [4.78, 5) is 14.2. The van der Waals surface area contributed by atoms with E-state index in [1.807, 2.05) is 6.92 Å². The van der Waals surface area contributed by atoms with Gasteiger partial charge in [-0.15, -0.1) is 0 Å². The van der Waals surface area contributed by atoms with Gasteiger partial charge in [0.2, 0.25) is 0 Å². The van der Waals surface area contributed by atoms with Crippen molar-refractivity contribution in [3.63, 3.8) is 0 Å². The van der Waals surface area contributed by atoms with E-state index in [0.29, 0.717) is 12.5 Å². The van der Waals surface area contributed by atoms with E-state index < -0.39 is 16.1 Å². The number of rotatable bonds is 3. The summed E-state index contributed by atoms with van der Waals surface area (Å²) in [6.07, 6.45) is 5.47.